The average Bonchev–Trinajstić information content (AvgIpc) is 3.62. The maximum atomic E-state index is 2.53. The summed E-state index contributed by atoms with van der Waals surface area (Å²) in [5.41, 5.74) is 16.3. The second-order valence-corrected chi connectivity index (χ2v) is 22.7. The Morgan fingerprint density at radius 2 is 1.05 bits per heavy atom. The minimum Gasteiger partial charge on any atom is -0.309 e. The third-order valence-electron chi connectivity index (χ3n) is 12.5. The van der Waals surface area contributed by atoms with Crippen LogP contribution in [0.3, 0.4) is 0 Å². The zero-order valence-corrected chi connectivity index (χ0v) is 34.8. The lowest BCUT2D eigenvalue weighted by Gasteiger charge is -2.31. The fourth-order valence-electron chi connectivity index (χ4n) is 9.64. The Bertz CT molecular complexity index is 3010. The molecule has 10 rings (SSSR count). The van der Waals surface area contributed by atoms with Crippen LogP contribution < -0.4 is 10.1 Å². The summed E-state index contributed by atoms with van der Waals surface area (Å²) in [4.78, 5) is 2.53. The van der Waals surface area contributed by atoms with Gasteiger partial charge in [0.1, 0.15) is 0 Å². The van der Waals surface area contributed by atoms with Crippen LogP contribution in [-0.4, -0.2) is 12.6 Å². The van der Waals surface area contributed by atoms with Crippen molar-refractivity contribution in [3.63, 3.8) is 0 Å². The highest BCUT2D eigenvalue weighted by Gasteiger charge is 2.38. The fraction of sp³-hybridized carbons (Fsp3) is 0.170. The van der Waals surface area contributed by atoms with Crippen LogP contribution in [0.2, 0.25) is 19.6 Å². The molecular formula is C53H48N2Si. The molecule has 0 bridgehead atoms. The van der Waals surface area contributed by atoms with Gasteiger partial charge in [0.25, 0.3) is 0 Å². The van der Waals surface area contributed by atoms with Crippen LogP contribution in [0.25, 0.3) is 60.2 Å². The van der Waals surface area contributed by atoms with Crippen molar-refractivity contribution in [2.75, 3.05) is 4.90 Å². The molecule has 9 aromatic rings. The standard InChI is InChI=1S/C53H48N2Si/c1-33-17-21-36(22-18-33)54(47-27-28-51(56(6,7)8)40-15-11-9-13-38(40)47)50-32-46-52(41-16-12-10-14-39(41)50)42-24-23-37(31-45(42)53(46,4)5)55-48-25-19-34(2)29-43(48)44-30-35(3)20-26-49(44)55/h9-32H,1-8H3. The van der Waals surface area contributed by atoms with E-state index in [9.17, 15) is 0 Å². The van der Waals surface area contributed by atoms with E-state index in [2.05, 4.69) is 209 Å². The number of hydrogen-bond donors (Lipinski definition) is 0. The van der Waals surface area contributed by atoms with Gasteiger partial charge in [-0.2, -0.15) is 0 Å². The van der Waals surface area contributed by atoms with Crippen molar-refractivity contribution in [2.45, 2.75) is 59.7 Å². The van der Waals surface area contributed by atoms with Crippen molar-refractivity contribution >= 4 is 73.7 Å². The van der Waals surface area contributed by atoms with Crippen LogP contribution in [0.5, 0.6) is 0 Å². The lowest BCUT2D eigenvalue weighted by molar-refractivity contribution is 0.660. The molecule has 3 heteroatoms. The van der Waals surface area contributed by atoms with Gasteiger partial charge < -0.3 is 9.47 Å². The van der Waals surface area contributed by atoms with Crippen molar-refractivity contribution in [1.29, 1.82) is 0 Å². The summed E-state index contributed by atoms with van der Waals surface area (Å²) in [7, 11) is -1.62. The van der Waals surface area contributed by atoms with E-state index in [0.717, 1.165) is 0 Å². The maximum absolute atomic E-state index is 2.53. The molecule has 56 heavy (non-hydrogen) atoms. The van der Waals surface area contributed by atoms with Gasteiger partial charge in [-0.1, -0.05) is 140 Å². The van der Waals surface area contributed by atoms with Crippen LogP contribution in [0.1, 0.15) is 41.7 Å². The smallest absolute Gasteiger partial charge is 0.0784 e. The summed E-state index contributed by atoms with van der Waals surface area (Å²) in [6, 6.07) is 55.5. The zero-order valence-electron chi connectivity index (χ0n) is 33.8. The van der Waals surface area contributed by atoms with E-state index < -0.39 is 8.07 Å². The molecule has 8 aromatic carbocycles. The number of nitrogens with zero attached hydrogens (tertiary/aromatic N) is 2. The monoisotopic (exact) mass is 740 g/mol. The Morgan fingerprint density at radius 1 is 0.482 bits per heavy atom. The summed E-state index contributed by atoms with van der Waals surface area (Å²) in [5, 5.41) is 9.32. The summed E-state index contributed by atoms with van der Waals surface area (Å²) in [5.74, 6) is 0. The van der Waals surface area contributed by atoms with E-state index >= 15 is 0 Å². The lowest BCUT2D eigenvalue weighted by Crippen LogP contribution is -2.38. The van der Waals surface area contributed by atoms with Gasteiger partial charge in [-0.3, -0.25) is 0 Å². The molecule has 0 saturated heterocycles. The van der Waals surface area contributed by atoms with Crippen LogP contribution >= 0.6 is 0 Å². The van der Waals surface area contributed by atoms with Crippen molar-refractivity contribution < 1.29 is 0 Å². The molecule has 274 valence electrons. The third kappa shape index (κ3) is 5.14. The number of hydrogen-bond acceptors (Lipinski definition) is 1. The Balaban J connectivity index is 1.22. The van der Waals surface area contributed by atoms with Gasteiger partial charge in [-0.25, -0.2) is 0 Å². The molecule has 0 aliphatic heterocycles. The van der Waals surface area contributed by atoms with Crippen LogP contribution in [0, 0.1) is 20.8 Å². The molecule has 1 heterocycles. The lowest BCUT2D eigenvalue weighted by atomic mass is 9.81. The second-order valence-electron chi connectivity index (χ2n) is 17.7. The Hall–Kier alpha value is -5.90. The van der Waals surface area contributed by atoms with E-state index in [1.165, 1.54) is 110 Å². The molecule has 0 radical (unpaired) electrons. The predicted octanol–water partition coefficient (Wildman–Crippen LogP) is 14.3. The van der Waals surface area contributed by atoms with Crippen molar-refractivity contribution in [2.24, 2.45) is 0 Å². The quantitative estimate of drug-likeness (QED) is 0.160. The summed E-state index contributed by atoms with van der Waals surface area (Å²) in [6.45, 7) is 18.8. The predicted molar refractivity (Wildman–Crippen MR) is 245 cm³/mol. The highest BCUT2D eigenvalue weighted by Crippen LogP contribution is 2.55. The van der Waals surface area contributed by atoms with E-state index in [1.54, 1.807) is 0 Å². The molecule has 0 spiro atoms. The van der Waals surface area contributed by atoms with Gasteiger partial charge >= 0.3 is 0 Å². The first-order valence-electron chi connectivity index (χ1n) is 20.0. The fourth-order valence-corrected chi connectivity index (χ4v) is 11.2. The van der Waals surface area contributed by atoms with Gasteiger partial charge in [-0.15, -0.1) is 0 Å². The number of aryl methyl sites for hydroxylation is 3. The zero-order chi connectivity index (χ0) is 38.7. The van der Waals surface area contributed by atoms with Gasteiger partial charge in [0.15, 0.2) is 0 Å². The largest absolute Gasteiger partial charge is 0.309 e. The summed E-state index contributed by atoms with van der Waals surface area (Å²) >= 11 is 0. The number of fused-ring (bicyclic) bond motifs is 9. The molecule has 0 saturated carbocycles. The number of anilines is 3. The van der Waals surface area contributed by atoms with E-state index in [4.69, 9.17) is 0 Å². The number of benzene rings is 8. The van der Waals surface area contributed by atoms with Crippen LogP contribution in [-0.2, 0) is 5.41 Å². The van der Waals surface area contributed by atoms with Gasteiger partial charge in [0.05, 0.1) is 30.5 Å². The molecule has 1 aliphatic rings. The highest BCUT2D eigenvalue weighted by molar-refractivity contribution is 6.90. The van der Waals surface area contributed by atoms with Crippen molar-refractivity contribution in [3.8, 4) is 16.8 Å². The SMILES string of the molecule is Cc1ccc(N(c2ccc([Si](C)(C)C)c3ccccc23)c2cc3c(c4ccccc24)-c2ccc(-n4c5ccc(C)cc5c5cc(C)ccc54)cc2C3(C)C)cc1. The first-order valence-corrected chi connectivity index (χ1v) is 23.5. The molecule has 1 aromatic heterocycles. The molecule has 0 unspecified atom stereocenters. The first-order chi connectivity index (χ1) is 26.9. The van der Waals surface area contributed by atoms with Gasteiger partial charge in [-0.05, 0) is 114 Å². The molecule has 0 N–H and O–H groups in total. The first kappa shape index (κ1) is 34.6. The summed E-state index contributed by atoms with van der Waals surface area (Å²) < 4.78 is 2.47. The highest BCUT2D eigenvalue weighted by atomic mass is 28.3. The minimum atomic E-state index is -1.62. The maximum Gasteiger partial charge on any atom is 0.0784 e. The third-order valence-corrected chi connectivity index (χ3v) is 14.5. The topological polar surface area (TPSA) is 8.17 Å². The van der Waals surface area contributed by atoms with Gasteiger partial charge in [0.2, 0.25) is 0 Å². The number of aromatic nitrogens is 1. The second kappa shape index (κ2) is 12.3. The molecule has 0 fully saturated rings. The number of rotatable bonds is 5. The Labute approximate surface area is 331 Å². The normalized spacial score (nSPS) is 13.5. The van der Waals surface area contributed by atoms with E-state index in [-0.39, 0.29) is 5.41 Å². The molecule has 1 aliphatic carbocycles. The van der Waals surface area contributed by atoms with Gasteiger partial charge in [0, 0.05) is 38.3 Å². The minimum absolute atomic E-state index is 0.242. The van der Waals surface area contributed by atoms with Crippen molar-refractivity contribution in [3.05, 3.63) is 173 Å². The molecule has 0 amide bonds. The van der Waals surface area contributed by atoms with Crippen LogP contribution in [0.15, 0.2) is 146 Å². The molecule has 0 atom stereocenters. The average molecular weight is 741 g/mol. The van der Waals surface area contributed by atoms with E-state index in [1.807, 2.05) is 0 Å². The molecule has 2 nitrogen and oxygen atoms in total. The summed E-state index contributed by atoms with van der Waals surface area (Å²) in [6.07, 6.45) is 0. The van der Waals surface area contributed by atoms with Crippen molar-refractivity contribution in [1.82, 2.24) is 4.57 Å². The Morgan fingerprint density at radius 3 is 1.68 bits per heavy atom. The molecular weight excluding hydrogens is 693 g/mol. The van der Waals surface area contributed by atoms with E-state index in [0.29, 0.717) is 0 Å². The van der Waals surface area contributed by atoms with Crippen LogP contribution in [0.4, 0.5) is 17.1 Å². The Kier molecular flexibility index (Phi) is 7.59.